The maximum absolute atomic E-state index is 11.9. The number of ether oxygens (including phenoxy) is 1. The second kappa shape index (κ2) is 6.99. The third kappa shape index (κ3) is 3.31. The van der Waals surface area contributed by atoms with Crippen LogP contribution in [0, 0.1) is 0 Å². The number of rotatable bonds is 6. The molecule has 0 atom stereocenters. The van der Waals surface area contributed by atoms with Gasteiger partial charge in [-0.05, 0) is 30.7 Å². The smallest absolute Gasteiger partial charge is 0.338 e. The van der Waals surface area contributed by atoms with Crippen LogP contribution in [0.2, 0.25) is 0 Å². The molecule has 0 bridgehead atoms. The lowest BCUT2D eigenvalue weighted by molar-refractivity contribution is 0.0526. The molecule has 2 aromatic heterocycles. The first-order chi connectivity index (χ1) is 13.5. The second-order valence-corrected chi connectivity index (χ2v) is 7.35. The van der Waals surface area contributed by atoms with E-state index < -0.39 is 0 Å². The van der Waals surface area contributed by atoms with Crippen molar-refractivity contribution < 1.29 is 9.53 Å². The zero-order valence-electron chi connectivity index (χ0n) is 16.2. The van der Waals surface area contributed by atoms with Crippen LogP contribution in [0.25, 0.3) is 16.8 Å². The highest BCUT2D eigenvalue weighted by molar-refractivity contribution is 5.94. The lowest BCUT2D eigenvalue weighted by Gasteiger charge is -2.25. The van der Waals surface area contributed by atoms with Crippen molar-refractivity contribution in [2.45, 2.75) is 26.2 Å². The number of carbonyl (C=O) groups excluding carboxylic acids is 1. The number of imidazole rings is 1. The molecule has 0 aliphatic carbocycles. The van der Waals surface area contributed by atoms with E-state index in [1.54, 1.807) is 19.1 Å². The number of fused-ring (bicyclic) bond motifs is 3. The van der Waals surface area contributed by atoms with E-state index in [-0.39, 0.29) is 11.4 Å². The normalized spacial score (nSPS) is 11.8. The number of hydrogen-bond donors (Lipinski definition) is 2. The fourth-order valence-corrected chi connectivity index (χ4v) is 3.20. The van der Waals surface area contributed by atoms with Gasteiger partial charge in [0.05, 0.1) is 23.2 Å². The minimum Gasteiger partial charge on any atom is -0.462 e. The molecule has 0 saturated carbocycles. The molecule has 0 aliphatic rings. The van der Waals surface area contributed by atoms with Gasteiger partial charge in [0.1, 0.15) is 0 Å². The number of esters is 1. The Kier molecular flexibility index (Phi) is 4.50. The Morgan fingerprint density at radius 2 is 1.96 bits per heavy atom. The average molecular weight is 377 g/mol. The Morgan fingerprint density at radius 3 is 2.71 bits per heavy atom. The van der Waals surface area contributed by atoms with Gasteiger partial charge in [-0.3, -0.25) is 5.10 Å². The van der Waals surface area contributed by atoms with E-state index in [1.807, 2.05) is 16.6 Å². The number of H-pyrrole nitrogens is 1. The zero-order chi connectivity index (χ0) is 19.7. The van der Waals surface area contributed by atoms with Crippen LogP contribution in [0.5, 0.6) is 0 Å². The van der Waals surface area contributed by atoms with Crippen molar-refractivity contribution in [3.63, 3.8) is 0 Å². The topological polar surface area (TPSA) is 84.3 Å². The number of aromatic amines is 1. The highest BCUT2D eigenvalue weighted by Crippen LogP contribution is 2.24. The fraction of sp³-hybridized carbons (Fsp3) is 0.286. The molecule has 0 radical (unpaired) electrons. The standard InChI is InChI=1S/C21H23N5O2/c1-4-28-18(27)14-10-11-17-16(12-14)23-20-24-19(25-26(17)20)22-13-21(2,3)15-8-6-5-7-9-15/h5-12H,4,13H2,1-3H3,(H2,22,23,24,25). The summed E-state index contributed by atoms with van der Waals surface area (Å²) in [6.45, 7) is 7.23. The minimum absolute atomic E-state index is 0.0489. The summed E-state index contributed by atoms with van der Waals surface area (Å²) < 4.78 is 6.85. The number of carbonyl (C=O) groups is 1. The van der Waals surface area contributed by atoms with Gasteiger partial charge in [0.2, 0.25) is 5.95 Å². The number of benzene rings is 2. The van der Waals surface area contributed by atoms with Crippen LogP contribution < -0.4 is 5.32 Å². The Morgan fingerprint density at radius 1 is 1.18 bits per heavy atom. The molecule has 2 aromatic carbocycles. The number of anilines is 1. The summed E-state index contributed by atoms with van der Waals surface area (Å²) >= 11 is 0. The molecule has 7 heteroatoms. The molecular formula is C21H23N5O2. The molecule has 4 rings (SSSR count). The Balaban J connectivity index is 1.56. The Bertz CT molecular complexity index is 1130. The summed E-state index contributed by atoms with van der Waals surface area (Å²) in [5, 5.41) is 6.60. The Hall–Kier alpha value is -3.35. The molecule has 0 amide bonds. The maximum atomic E-state index is 11.9. The number of nitrogens with zero attached hydrogens (tertiary/aromatic N) is 3. The first-order valence-corrected chi connectivity index (χ1v) is 9.33. The molecule has 0 spiro atoms. The highest BCUT2D eigenvalue weighted by Gasteiger charge is 2.21. The van der Waals surface area contributed by atoms with Gasteiger partial charge in [0, 0.05) is 12.0 Å². The van der Waals surface area contributed by atoms with Crippen LogP contribution in [-0.4, -0.2) is 38.7 Å². The van der Waals surface area contributed by atoms with Gasteiger partial charge in [-0.15, -0.1) is 0 Å². The molecule has 144 valence electrons. The predicted octanol–water partition coefficient (Wildman–Crippen LogP) is 3.78. The van der Waals surface area contributed by atoms with E-state index in [0.29, 0.717) is 29.4 Å². The first kappa shape index (κ1) is 18.0. The van der Waals surface area contributed by atoms with Crippen LogP contribution in [0.1, 0.15) is 36.7 Å². The van der Waals surface area contributed by atoms with Crippen molar-refractivity contribution in [2.75, 3.05) is 18.5 Å². The van der Waals surface area contributed by atoms with E-state index in [9.17, 15) is 4.79 Å². The van der Waals surface area contributed by atoms with Gasteiger partial charge < -0.3 is 10.1 Å². The summed E-state index contributed by atoms with van der Waals surface area (Å²) in [5.74, 6) is 0.860. The number of aromatic nitrogens is 4. The molecule has 2 N–H and O–H groups in total. The molecule has 4 aromatic rings. The van der Waals surface area contributed by atoms with Crippen molar-refractivity contribution >= 4 is 28.7 Å². The maximum Gasteiger partial charge on any atom is 0.338 e. The summed E-state index contributed by atoms with van der Waals surface area (Å²) in [6, 6.07) is 15.7. The molecule has 0 saturated heterocycles. The van der Waals surface area contributed by atoms with Gasteiger partial charge in [-0.2, -0.15) is 4.98 Å². The number of nitrogens with one attached hydrogen (secondary N) is 2. The lowest BCUT2D eigenvalue weighted by Crippen LogP contribution is -2.27. The predicted molar refractivity (Wildman–Crippen MR) is 109 cm³/mol. The molecule has 7 nitrogen and oxygen atoms in total. The van der Waals surface area contributed by atoms with Crippen LogP contribution in [0.15, 0.2) is 48.5 Å². The third-order valence-corrected chi connectivity index (χ3v) is 4.83. The average Bonchev–Trinajstić information content (AvgIpc) is 3.24. The SMILES string of the molecule is CCOC(=O)c1ccc2c(c1)nc1nc(NCC(C)(C)c3ccccc3)[nH]n12. The fourth-order valence-electron chi connectivity index (χ4n) is 3.20. The quantitative estimate of drug-likeness (QED) is 0.500. The number of hydrogen-bond acceptors (Lipinski definition) is 5. The van der Waals surface area contributed by atoms with E-state index in [1.165, 1.54) is 5.56 Å². The summed E-state index contributed by atoms with van der Waals surface area (Å²) in [5.41, 5.74) is 3.24. The van der Waals surface area contributed by atoms with Gasteiger partial charge in [-0.1, -0.05) is 44.2 Å². The monoisotopic (exact) mass is 377 g/mol. The van der Waals surface area contributed by atoms with E-state index in [0.717, 1.165) is 12.1 Å². The molecule has 2 heterocycles. The van der Waals surface area contributed by atoms with Crippen LogP contribution in [0.3, 0.4) is 0 Å². The summed E-state index contributed by atoms with van der Waals surface area (Å²) in [6.07, 6.45) is 0. The second-order valence-electron chi connectivity index (χ2n) is 7.35. The molecule has 0 fully saturated rings. The van der Waals surface area contributed by atoms with Crippen molar-refractivity contribution in [2.24, 2.45) is 0 Å². The summed E-state index contributed by atoms with van der Waals surface area (Å²) in [7, 11) is 0. The largest absolute Gasteiger partial charge is 0.462 e. The van der Waals surface area contributed by atoms with E-state index >= 15 is 0 Å². The van der Waals surface area contributed by atoms with E-state index in [4.69, 9.17) is 4.74 Å². The van der Waals surface area contributed by atoms with Gasteiger partial charge in [0.25, 0.3) is 5.78 Å². The lowest BCUT2D eigenvalue weighted by atomic mass is 9.85. The van der Waals surface area contributed by atoms with Crippen LogP contribution in [-0.2, 0) is 10.2 Å². The van der Waals surface area contributed by atoms with E-state index in [2.05, 4.69) is 58.5 Å². The third-order valence-electron chi connectivity index (χ3n) is 4.83. The molecule has 28 heavy (non-hydrogen) atoms. The first-order valence-electron chi connectivity index (χ1n) is 9.33. The minimum atomic E-state index is -0.348. The van der Waals surface area contributed by atoms with Crippen molar-refractivity contribution in [3.8, 4) is 0 Å². The Labute approximate surface area is 162 Å². The van der Waals surface area contributed by atoms with Crippen LogP contribution >= 0.6 is 0 Å². The van der Waals surface area contributed by atoms with Gasteiger partial charge in [-0.25, -0.2) is 14.3 Å². The van der Waals surface area contributed by atoms with Gasteiger partial charge >= 0.3 is 5.97 Å². The molecule has 0 unspecified atom stereocenters. The van der Waals surface area contributed by atoms with Crippen LogP contribution in [0.4, 0.5) is 5.95 Å². The molecule has 0 aliphatic heterocycles. The molecular weight excluding hydrogens is 354 g/mol. The highest BCUT2D eigenvalue weighted by atomic mass is 16.5. The van der Waals surface area contributed by atoms with Gasteiger partial charge in [0.15, 0.2) is 0 Å². The zero-order valence-corrected chi connectivity index (χ0v) is 16.2. The summed E-state index contributed by atoms with van der Waals surface area (Å²) in [4.78, 5) is 20.9. The van der Waals surface area contributed by atoms with Crippen molar-refractivity contribution in [3.05, 3.63) is 59.7 Å². The van der Waals surface area contributed by atoms with Crippen molar-refractivity contribution in [1.29, 1.82) is 0 Å². The van der Waals surface area contributed by atoms with Crippen molar-refractivity contribution in [1.82, 2.24) is 19.6 Å².